The lowest BCUT2D eigenvalue weighted by molar-refractivity contribution is 0.911. The van der Waals surface area contributed by atoms with E-state index in [1.807, 2.05) is 12.1 Å². The second-order valence-corrected chi connectivity index (χ2v) is 5.49. The van der Waals surface area contributed by atoms with E-state index in [0.29, 0.717) is 5.92 Å². The van der Waals surface area contributed by atoms with Gasteiger partial charge in [0.05, 0.1) is 11.6 Å². The average Bonchev–Trinajstić information content (AvgIpc) is 2.30. The minimum absolute atomic E-state index is 0.228. The second kappa shape index (κ2) is 4.52. The maximum atomic E-state index is 8.67. The molecule has 0 spiro atoms. The molecule has 0 aromatic heterocycles. The number of hydrogen-bond acceptors (Lipinski definition) is 1. The van der Waals surface area contributed by atoms with E-state index in [4.69, 9.17) is 5.26 Å². The van der Waals surface area contributed by atoms with E-state index in [0.717, 1.165) is 12.0 Å². The Kier molecular flexibility index (Phi) is 3.10. The zero-order chi connectivity index (χ0) is 9.80. The number of benzene rings is 1. The van der Waals surface area contributed by atoms with Crippen LogP contribution in [0, 0.1) is 11.3 Å². The summed E-state index contributed by atoms with van der Waals surface area (Å²) in [5, 5.41) is 8.67. The van der Waals surface area contributed by atoms with Gasteiger partial charge in [-0.3, -0.25) is 0 Å². The van der Waals surface area contributed by atoms with Gasteiger partial charge in [0.25, 0.3) is 0 Å². The lowest BCUT2D eigenvalue weighted by atomic mass is 9.96. The predicted octanol–water partition coefficient (Wildman–Crippen LogP) is 3.33. The van der Waals surface area contributed by atoms with Gasteiger partial charge in [-0.25, -0.2) is 0 Å². The van der Waals surface area contributed by atoms with Crippen LogP contribution in [0.2, 0.25) is 0 Å². The standard InChI is InChI=1S/C12H10IN/c14-9-10-1-3-11(4-2-10)12-5-7-13-8-6-12/h1-5,7-8,12H,6H2. The highest BCUT2D eigenvalue weighted by Crippen LogP contribution is 2.25. The summed E-state index contributed by atoms with van der Waals surface area (Å²) in [6.07, 6.45) is 3.46. The number of halogens is 1. The molecule has 14 heavy (non-hydrogen) atoms. The van der Waals surface area contributed by atoms with Crippen LogP contribution in [0.3, 0.4) is 0 Å². The number of allylic oxidation sites excluding steroid dienone is 1. The van der Waals surface area contributed by atoms with Gasteiger partial charge in [0, 0.05) is 5.92 Å². The molecule has 2 heteroatoms. The van der Waals surface area contributed by atoms with E-state index >= 15 is 0 Å². The summed E-state index contributed by atoms with van der Waals surface area (Å²) >= 11 is 0.228. The van der Waals surface area contributed by atoms with Crippen LogP contribution in [0.15, 0.2) is 34.4 Å². The first-order chi connectivity index (χ1) is 6.90. The van der Waals surface area contributed by atoms with Gasteiger partial charge >= 0.3 is 0 Å². The fourth-order valence-corrected chi connectivity index (χ4v) is 3.34. The third-order valence-electron chi connectivity index (χ3n) is 2.28. The van der Waals surface area contributed by atoms with Crippen molar-refractivity contribution in [2.75, 3.05) is 0 Å². The molecule has 0 saturated carbocycles. The van der Waals surface area contributed by atoms with Crippen molar-refractivity contribution in [1.82, 2.24) is 0 Å². The number of nitrogens with zero attached hydrogens (tertiary/aromatic N) is 1. The molecule has 0 aliphatic carbocycles. The normalized spacial score (nSPS) is 19.8. The first kappa shape index (κ1) is 9.60. The zero-order valence-electron chi connectivity index (χ0n) is 7.65. The minimum atomic E-state index is 0.228. The summed E-state index contributed by atoms with van der Waals surface area (Å²) in [7, 11) is 0. The fraction of sp³-hybridized carbons (Fsp3) is 0.167. The molecule has 1 aromatic carbocycles. The first-order valence-electron chi connectivity index (χ1n) is 4.50. The molecule has 0 radical (unpaired) electrons. The van der Waals surface area contributed by atoms with Crippen molar-refractivity contribution >= 4 is 24.7 Å². The molecule has 1 aromatic rings. The monoisotopic (exact) mass is 295 g/mol. The summed E-state index contributed by atoms with van der Waals surface area (Å²) in [5.41, 5.74) is 2.06. The summed E-state index contributed by atoms with van der Waals surface area (Å²) in [4.78, 5) is 0. The number of hydrogen-bond donors (Lipinski definition) is 0. The van der Waals surface area contributed by atoms with Gasteiger partial charge in [-0.15, -0.1) is 0 Å². The summed E-state index contributed by atoms with van der Waals surface area (Å²) in [5.74, 6) is 0.538. The topological polar surface area (TPSA) is 23.8 Å². The lowest BCUT2D eigenvalue weighted by Gasteiger charge is -2.12. The highest BCUT2D eigenvalue weighted by molar-refractivity contribution is 14.2. The van der Waals surface area contributed by atoms with E-state index in [1.54, 1.807) is 0 Å². The molecule has 0 saturated heterocycles. The Balaban J connectivity index is 2.21. The van der Waals surface area contributed by atoms with E-state index in [1.165, 1.54) is 5.56 Å². The molecule has 2 rings (SSSR count). The smallest absolute Gasteiger partial charge is 0.0991 e. The average molecular weight is 295 g/mol. The van der Waals surface area contributed by atoms with Crippen LogP contribution >= 0.6 is 20.7 Å². The predicted molar refractivity (Wildman–Crippen MR) is 67.7 cm³/mol. The summed E-state index contributed by atoms with van der Waals surface area (Å²) in [6.45, 7) is 0. The van der Waals surface area contributed by atoms with Crippen molar-refractivity contribution in [3.8, 4) is 6.07 Å². The summed E-state index contributed by atoms with van der Waals surface area (Å²) < 4.78 is 4.72. The Morgan fingerprint density at radius 2 is 2.07 bits per heavy atom. The molecular formula is C12H10IN. The summed E-state index contributed by atoms with van der Waals surface area (Å²) in [6, 6.07) is 10.0. The van der Waals surface area contributed by atoms with Gasteiger partial charge in [0.2, 0.25) is 0 Å². The van der Waals surface area contributed by atoms with Crippen LogP contribution < -0.4 is 0 Å². The molecule has 1 aliphatic heterocycles. The Labute approximate surface area is 93.8 Å². The van der Waals surface area contributed by atoms with Crippen molar-refractivity contribution in [2.24, 2.45) is 0 Å². The van der Waals surface area contributed by atoms with Gasteiger partial charge in [-0.1, -0.05) is 43.0 Å². The maximum absolute atomic E-state index is 8.67. The SMILES string of the molecule is N#Cc1ccc(C2C=CI=CC2)cc1. The molecule has 1 heterocycles. The van der Waals surface area contributed by atoms with Crippen molar-refractivity contribution in [3.05, 3.63) is 45.6 Å². The van der Waals surface area contributed by atoms with Crippen LogP contribution in [-0.2, 0) is 0 Å². The van der Waals surface area contributed by atoms with Crippen LogP contribution in [0.4, 0.5) is 0 Å². The first-order valence-corrected chi connectivity index (χ1v) is 6.99. The van der Waals surface area contributed by atoms with Gasteiger partial charge in [-0.2, -0.15) is 5.26 Å². The fourth-order valence-electron chi connectivity index (χ4n) is 1.46. The largest absolute Gasteiger partial charge is 0.192 e. The van der Waals surface area contributed by atoms with Crippen molar-refractivity contribution in [3.63, 3.8) is 0 Å². The maximum Gasteiger partial charge on any atom is 0.0991 e. The lowest BCUT2D eigenvalue weighted by Crippen LogP contribution is -1.97. The number of nitriles is 1. The van der Waals surface area contributed by atoms with Gasteiger partial charge < -0.3 is 0 Å². The third-order valence-corrected chi connectivity index (χ3v) is 4.13. The molecule has 1 nitrogen and oxygen atoms in total. The highest BCUT2D eigenvalue weighted by atomic mass is 127. The Morgan fingerprint density at radius 3 is 2.64 bits per heavy atom. The van der Waals surface area contributed by atoms with Crippen LogP contribution in [0.1, 0.15) is 23.5 Å². The number of rotatable bonds is 1. The van der Waals surface area contributed by atoms with Crippen LogP contribution in [0.25, 0.3) is 0 Å². The third kappa shape index (κ3) is 2.10. The molecule has 0 amide bonds. The molecule has 0 fully saturated rings. The molecule has 0 bridgehead atoms. The molecule has 70 valence electrons. The van der Waals surface area contributed by atoms with Gasteiger partial charge in [-0.05, 0) is 28.2 Å². The second-order valence-electron chi connectivity index (χ2n) is 3.17. The highest BCUT2D eigenvalue weighted by Gasteiger charge is 2.07. The van der Waals surface area contributed by atoms with Crippen molar-refractivity contribution in [2.45, 2.75) is 12.3 Å². The van der Waals surface area contributed by atoms with Gasteiger partial charge in [0.1, 0.15) is 0 Å². The molecular weight excluding hydrogens is 285 g/mol. The van der Waals surface area contributed by atoms with Crippen molar-refractivity contribution in [1.29, 1.82) is 5.26 Å². The Hall–Kier alpha value is -0.950. The van der Waals surface area contributed by atoms with E-state index < -0.39 is 0 Å². The van der Waals surface area contributed by atoms with Crippen LogP contribution in [-0.4, -0.2) is 4.01 Å². The quantitative estimate of drug-likeness (QED) is 0.729. The molecule has 1 aliphatic rings. The van der Waals surface area contributed by atoms with E-state index in [2.05, 4.69) is 32.4 Å². The van der Waals surface area contributed by atoms with Crippen LogP contribution in [0.5, 0.6) is 0 Å². The Morgan fingerprint density at radius 1 is 1.29 bits per heavy atom. The molecule has 1 unspecified atom stereocenters. The zero-order valence-corrected chi connectivity index (χ0v) is 9.81. The molecule has 1 atom stereocenters. The Bertz CT molecular complexity index is 409. The van der Waals surface area contributed by atoms with E-state index in [-0.39, 0.29) is 20.7 Å². The minimum Gasteiger partial charge on any atom is -0.192 e. The van der Waals surface area contributed by atoms with Crippen molar-refractivity contribution < 1.29 is 0 Å². The van der Waals surface area contributed by atoms with Gasteiger partial charge in [0.15, 0.2) is 0 Å². The van der Waals surface area contributed by atoms with E-state index in [9.17, 15) is 0 Å². The molecule has 0 N–H and O–H groups in total.